The van der Waals surface area contributed by atoms with Crippen molar-refractivity contribution in [2.75, 3.05) is 13.3 Å². The van der Waals surface area contributed by atoms with Gasteiger partial charge in [0, 0.05) is 7.11 Å². The van der Waals surface area contributed by atoms with E-state index in [1.54, 1.807) is 7.11 Å². The first kappa shape index (κ1) is 10.3. The Morgan fingerprint density at radius 2 is 1.92 bits per heavy atom. The molecular formula is C10H16O2Si. The SMILES string of the molecule is COC(C)c1ccc(OC[SiH3])cc1. The number of benzene rings is 1. The third kappa shape index (κ3) is 2.86. The highest BCUT2D eigenvalue weighted by Crippen LogP contribution is 2.19. The zero-order valence-corrected chi connectivity index (χ0v) is 10.4. The highest BCUT2D eigenvalue weighted by Gasteiger charge is 2.02. The van der Waals surface area contributed by atoms with Crippen LogP contribution in [0, 0.1) is 0 Å². The topological polar surface area (TPSA) is 18.5 Å². The summed E-state index contributed by atoms with van der Waals surface area (Å²) in [5, 5.41) is 0. The van der Waals surface area contributed by atoms with E-state index in [-0.39, 0.29) is 6.10 Å². The maximum Gasteiger partial charge on any atom is 0.118 e. The third-order valence-corrected chi connectivity index (χ3v) is 2.30. The number of ether oxygens (including phenoxy) is 2. The molecule has 0 fully saturated rings. The molecule has 0 amide bonds. The van der Waals surface area contributed by atoms with Crippen LogP contribution in [0.2, 0.25) is 0 Å². The van der Waals surface area contributed by atoms with Crippen LogP contribution in [0.15, 0.2) is 24.3 Å². The van der Waals surface area contributed by atoms with E-state index in [1.807, 2.05) is 31.2 Å². The number of rotatable bonds is 4. The van der Waals surface area contributed by atoms with E-state index in [2.05, 4.69) is 0 Å². The standard InChI is InChI=1S/C10H16O2Si/c1-8(11-2)9-3-5-10(6-4-9)12-7-13/h3-6,8H,7H2,1-2,13H3. The van der Waals surface area contributed by atoms with E-state index in [0.29, 0.717) is 0 Å². The Morgan fingerprint density at radius 1 is 1.31 bits per heavy atom. The summed E-state index contributed by atoms with van der Waals surface area (Å²) >= 11 is 0. The predicted molar refractivity (Wildman–Crippen MR) is 57.3 cm³/mol. The van der Waals surface area contributed by atoms with Crippen LogP contribution >= 0.6 is 0 Å². The minimum absolute atomic E-state index is 0.157. The molecule has 13 heavy (non-hydrogen) atoms. The zero-order valence-electron chi connectivity index (χ0n) is 8.41. The van der Waals surface area contributed by atoms with Crippen LogP contribution in [0.5, 0.6) is 5.75 Å². The van der Waals surface area contributed by atoms with Crippen LogP contribution in [-0.4, -0.2) is 23.6 Å². The van der Waals surface area contributed by atoms with Crippen molar-refractivity contribution in [1.29, 1.82) is 0 Å². The van der Waals surface area contributed by atoms with Gasteiger partial charge in [-0.3, -0.25) is 0 Å². The first-order chi connectivity index (χ1) is 6.27. The fourth-order valence-electron chi connectivity index (χ4n) is 1.14. The van der Waals surface area contributed by atoms with Crippen LogP contribution in [0.4, 0.5) is 0 Å². The number of hydrogen-bond acceptors (Lipinski definition) is 2. The smallest absolute Gasteiger partial charge is 0.118 e. The van der Waals surface area contributed by atoms with E-state index in [0.717, 1.165) is 22.2 Å². The van der Waals surface area contributed by atoms with Gasteiger partial charge in [0.05, 0.1) is 22.6 Å². The lowest BCUT2D eigenvalue weighted by molar-refractivity contribution is 0.119. The number of methoxy groups -OCH3 is 1. The van der Waals surface area contributed by atoms with E-state index in [4.69, 9.17) is 9.47 Å². The molecular weight excluding hydrogens is 180 g/mol. The molecule has 0 aromatic heterocycles. The highest BCUT2D eigenvalue weighted by molar-refractivity contribution is 6.08. The van der Waals surface area contributed by atoms with E-state index < -0.39 is 0 Å². The van der Waals surface area contributed by atoms with Crippen molar-refractivity contribution < 1.29 is 9.47 Å². The minimum atomic E-state index is 0.157. The third-order valence-electron chi connectivity index (χ3n) is 2.01. The summed E-state index contributed by atoms with van der Waals surface area (Å²) in [6, 6.07) is 8.06. The summed E-state index contributed by atoms with van der Waals surface area (Å²) in [7, 11) is 2.79. The quantitative estimate of drug-likeness (QED) is 0.671. The summed E-state index contributed by atoms with van der Waals surface area (Å²) in [5.41, 5.74) is 1.18. The molecule has 0 spiro atoms. The van der Waals surface area contributed by atoms with Crippen molar-refractivity contribution in [3.05, 3.63) is 29.8 Å². The molecule has 0 bridgehead atoms. The lowest BCUT2D eigenvalue weighted by Crippen LogP contribution is -1.97. The lowest BCUT2D eigenvalue weighted by atomic mass is 10.1. The minimum Gasteiger partial charge on any atom is -0.498 e. The molecule has 1 aromatic carbocycles. The van der Waals surface area contributed by atoms with Gasteiger partial charge in [-0.1, -0.05) is 12.1 Å². The van der Waals surface area contributed by atoms with Crippen molar-refractivity contribution in [2.24, 2.45) is 0 Å². The van der Waals surface area contributed by atoms with Crippen LogP contribution in [-0.2, 0) is 4.74 Å². The maximum absolute atomic E-state index is 5.40. The van der Waals surface area contributed by atoms with Gasteiger partial charge in [-0.15, -0.1) is 0 Å². The monoisotopic (exact) mass is 196 g/mol. The summed E-state index contributed by atoms with van der Waals surface area (Å²) < 4.78 is 10.6. The van der Waals surface area contributed by atoms with Crippen molar-refractivity contribution in [1.82, 2.24) is 0 Å². The Bertz CT molecular complexity index is 246. The molecule has 0 saturated carbocycles. The molecule has 0 aliphatic carbocycles. The first-order valence-electron chi connectivity index (χ1n) is 4.53. The second kappa shape index (κ2) is 5.04. The van der Waals surface area contributed by atoms with E-state index >= 15 is 0 Å². The maximum atomic E-state index is 5.40. The molecule has 0 saturated heterocycles. The summed E-state index contributed by atoms with van der Waals surface area (Å²) in [6.07, 6.45) is 1.00. The highest BCUT2D eigenvalue weighted by atomic mass is 28.1. The molecule has 2 nitrogen and oxygen atoms in total. The van der Waals surface area contributed by atoms with Crippen LogP contribution in [0.25, 0.3) is 0 Å². The fourth-order valence-corrected chi connectivity index (χ4v) is 1.47. The van der Waals surface area contributed by atoms with Crippen molar-refractivity contribution in [3.63, 3.8) is 0 Å². The first-order valence-corrected chi connectivity index (χ1v) is 5.95. The van der Waals surface area contributed by atoms with Crippen LogP contribution in [0.1, 0.15) is 18.6 Å². The van der Waals surface area contributed by atoms with Gasteiger partial charge in [0.1, 0.15) is 5.75 Å². The van der Waals surface area contributed by atoms with E-state index in [1.165, 1.54) is 5.56 Å². The fraction of sp³-hybridized carbons (Fsp3) is 0.400. The molecule has 1 atom stereocenters. The summed E-state index contributed by atoms with van der Waals surface area (Å²) in [4.78, 5) is 0. The molecule has 0 aliphatic rings. The Kier molecular flexibility index (Phi) is 3.99. The largest absolute Gasteiger partial charge is 0.498 e. The Balaban J connectivity index is 2.69. The van der Waals surface area contributed by atoms with Gasteiger partial charge >= 0.3 is 0 Å². The van der Waals surface area contributed by atoms with E-state index in [9.17, 15) is 0 Å². The van der Waals surface area contributed by atoms with Crippen molar-refractivity contribution in [2.45, 2.75) is 13.0 Å². The molecule has 0 aliphatic heterocycles. The van der Waals surface area contributed by atoms with Crippen LogP contribution in [0.3, 0.4) is 0 Å². The van der Waals surface area contributed by atoms with Crippen LogP contribution < -0.4 is 4.74 Å². The molecule has 1 aromatic rings. The molecule has 1 unspecified atom stereocenters. The molecule has 1 rings (SSSR count). The molecule has 0 heterocycles. The molecule has 0 radical (unpaired) electrons. The normalized spacial score (nSPS) is 12.8. The van der Waals surface area contributed by atoms with Gasteiger partial charge in [-0.2, -0.15) is 0 Å². The molecule has 0 N–H and O–H groups in total. The van der Waals surface area contributed by atoms with Gasteiger partial charge in [-0.05, 0) is 24.6 Å². The predicted octanol–water partition coefficient (Wildman–Crippen LogP) is 1.10. The van der Waals surface area contributed by atoms with Gasteiger partial charge in [-0.25, -0.2) is 0 Å². The Labute approximate surface area is 82.3 Å². The van der Waals surface area contributed by atoms with Gasteiger partial charge in [0.15, 0.2) is 0 Å². The zero-order chi connectivity index (χ0) is 9.68. The summed E-state index contributed by atoms with van der Waals surface area (Å²) in [5.74, 6) is 0.946. The summed E-state index contributed by atoms with van der Waals surface area (Å²) in [6.45, 7) is 2.03. The second-order valence-corrected chi connectivity index (χ2v) is 3.46. The average Bonchev–Trinajstić information content (AvgIpc) is 2.18. The molecule has 72 valence electrons. The Morgan fingerprint density at radius 3 is 2.38 bits per heavy atom. The second-order valence-electron chi connectivity index (χ2n) is 2.88. The Hall–Kier alpha value is -0.803. The van der Waals surface area contributed by atoms with Crippen molar-refractivity contribution >= 4 is 10.2 Å². The van der Waals surface area contributed by atoms with Gasteiger partial charge < -0.3 is 9.47 Å². The van der Waals surface area contributed by atoms with Gasteiger partial charge in [0.25, 0.3) is 0 Å². The lowest BCUT2D eigenvalue weighted by Gasteiger charge is -2.10. The molecule has 3 heteroatoms. The van der Waals surface area contributed by atoms with Gasteiger partial charge in [0.2, 0.25) is 0 Å². The van der Waals surface area contributed by atoms with Crippen molar-refractivity contribution in [3.8, 4) is 5.75 Å². The number of hydrogen-bond donors (Lipinski definition) is 0. The average molecular weight is 196 g/mol.